The fraction of sp³-hybridized carbons (Fsp3) is 0.273. The summed E-state index contributed by atoms with van der Waals surface area (Å²) >= 11 is 0. The van der Waals surface area contributed by atoms with Crippen LogP contribution in [0.1, 0.15) is 23.7 Å². The third-order valence-electron chi connectivity index (χ3n) is 3.22. The third kappa shape index (κ3) is 0.979. The molecule has 0 aromatic heterocycles. The first kappa shape index (κ1) is 9.35. The Morgan fingerprint density at radius 2 is 2.06 bits per heavy atom. The van der Waals surface area contributed by atoms with Crippen LogP contribution in [0.15, 0.2) is 24.3 Å². The number of imide groups is 1. The Kier molecular flexibility index (Phi) is 1.65. The van der Waals surface area contributed by atoms with Gasteiger partial charge in [0.1, 0.15) is 5.54 Å². The van der Waals surface area contributed by atoms with Gasteiger partial charge >= 0.3 is 6.03 Å². The molecular weight excluding hydrogens is 208 g/mol. The molecule has 0 radical (unpaired) electrons. The predicted molar refractivity (Wildman–Crippen MR) is 54.4 cm³/mol. The van der Waals surface area contributed by atoms with Crippen LogP contribution in [0.4, 0.5) is 4.79 Å². The molecule has 1 fully saturated rings. The van der Waals surface area contributed by atoms with E-state index < -0.39 is 17.7 Å². The van der Waals surface area contributed by atoms with Gasteiger partial charge in [0.05, 0.1) is 6.10 Å². The number of aliphatic hydroxyl groups excluding tert-OH is 1. The van der Waals surface area contributed by atoms with Gasteiger partial charge in [-0.15, -0.1) is 0 Å². The van der Waals surface area contributed by atoms with Crippen molar-refractivity contribution in [2.45, 2.75) is 18.1 Å². The van der Waals surface area contributed by atoms with Gasteiger partial charge in [-0.2, -0.15) is 0 Å². The van der Waals surface area contributed by atoms with Gasteiger partial charge in [0.15, 0.2) is 0 Å². The zero-order valence-electron chi connectivity index (χ0n) is 8.36. The fourth-order valence-electron chi connectivity index (χ4n) is 2.51. The topological polar surface area (TPSA) is 78.4 Å². The summed E-state index contributed by atoms with van der Waals surface area (Å²) in [5.41, 5.74) is 0.318. The molecule has 1 saturated heterocycles. The molecule has 5 nitrogen and oxygen atoms in total. The van der Waals surface area contributed by atoms with Crippen molar-refractivity contribution in [3.8, 4) is 0 Å². The molecule has 1 aliphatic carbocycles. The van der Waals surface area contributed by atoms with Crippen LogP contribution in [0.3, 0.4) is 0 Å². The normalized spacial score (nSPS) is 31.4. The van der Waals surface area contributed by atoms with E-state index in [0.717, 1.165) is 0 Å². The number of carbonyl (C=O) groups is 2. The Hall–Kier alpha value is -1.88. The van der Waals surface area contributed by atoms with E-state index in [9.17, 15) is 14.7 Å². The molecule has 1 aromatic carbocycles. The highest BCUT2D eigenvalue weighted by Crippen LogP contribution is 2.44. The minimum atomic E-state index is -1.08. The Morgan fingerprint density at radius 1 is 1.31 bits per heavy atom. The Balaban J connectivity index is 2.19. The molecule has 3 N–H and O–H groups in total. The molecule has 0 bridgehead atoms. The zero-order chi connectivity index (χ0) is 11.3. The van der Waals surface area contributed by atoms with Gasteiger partial charge in [-0.3, -0.25) is 10.1 Å². The molecule has 1 heterocycles. The molecule has 2 unspecified atom stereocenters. The monoisotopic (exact) mass is 218 g/mol. The van der Waals surface area contributed by atoms with Crippen LogP contribution in [-0.2, 0) is 10.3 Å². The van der Waals surface area contributed by atoms with E-state index in [0.29, 0.717) is 11.1 Å². The van der Waals surface area contributed by atoms with Crippen molar-refractivity contribution in [1.82, 2.24) is 10.6 Å². The summed E-state index contributed by atoms with van der Waals surface area (Å²) in [6.45, 7) is 0. The fourth-order valence-corrected chi connectivity index (χ4v) is 2.51. The minimum Gasteiger partial charge on any atom is -0.388 e. The van der Waals surface area contributed by atoms with Crippen LogP contribution in [0.2, 0.25) is 0 Å². The van der Waals surface area contributed by atoms with Crippen LogP contribution in [0.25, 0.3) is 0 Å². The van der Waals surface area contributed by atoms with Gasteiger partial charge in [0.2, 0.25) is 0 Å². The lowest BCUT2D eigenvalue weighted by atomic mass is 9.92. The molecule has 2 atom stereocenters. The molecule has 3 rings (SSSR count). The van der Waals surface area contributed by atoms with E-state index in [4.69, 9.17) is 0 Å². The van der Waals surface area contributed by atoms with Gasteiger partial charge in [0, 0.05) is 6.42 Å². The number of carbonyl (C=O) groups excluding carboxylic acids is 2. The molecule has 1 spiro atoms. The van der Waals surface area contributed by atoms with E-state index in [1.165, 1.54) is 0 Å². The maximum atomic E-state index is 11.8. The number of hydrogen-bond acceptors (Lipinski definition) is 3. The summed E-state index contributed by atoms with van der Waals surface area (Å²) in [6, 6.07) is 6.61. The van der Waals surface area contributed by atoms with E-state index in [1.807, 2.05) is 0 Å². The highest BCUT2D eigenvalue weighted by molar-refractivity contribution is 6.08. The summed E-state index contributed by atoms with van der Waals surface area (Å²) in [5.74, 6) is -0.387. The molecule has 1 aliphatic heterocycles. The second-order valence-electron chi connectivity index (χ2n) is 4.12. The van der Waals surface area contributed by atoms with Crippen LogP contribution >= 0.6 is 0 Å². The smallest absolute Gasteiger partial charge is 0.322 e. The summed E-state index contributed by atoms with van der Waals surface area (Å²) in [7, 11) is 0. The van der Waals surface area contributed by atoms with Gasteiger partial charge in [-0.25, -0.2) is 4.79 Å². The van der Waals surface area contributed by atoms with Crippen molar-refractivity contribution in [3.05, 3.63) is 35.4 Å². The summed E-state index contributed by atoms with van der Waals surface area (Å²) < 4.78 is 0. The standard InChI is InChI=1S/C11H10N2O3/c14-8-5-11(9(15)12-10(16)13-11)7-4-2-1-3-6(7)8/h1-4,8,14H,5H2,(H2,12,13,15,16). The number of hydrogen-bond donors (Lipinski definition) is 3. The first-order valence-electron chi connectivity index (χ1n) is 5.04. The van der Waals surface area contributed by atoms with Crippen molar-refractivity contribution in [2.75, 3.05) is 0 Å². The van der Waals surface area contributed by atoms with Gasteiger partial charge < -0.3 is 10.4 Å². The maximum absolute atomic E-state index is 11.8. The van der Waals surface area contributed by atoms with Crippen molar-refractivity contribution in [1.29, 1.82) is 0 Å². The average molecular weight is 218 g/mol. The number of rotatable bonds is 0. The van der Waals surface area contributed by atoms with Gasteiger partial charge in [0.25, 0.3) is 5.91 Å². The summed E-state index contributed by atoms with van der Waals surface area (Å²) in [6.07, 6.45) is -0.510. The molecule has 16 heavy (non-hydrogen) atoms. The van der Waals surface area contributed by atoms with Crippen LogP contribution in [-0.4, -0.2) is 17.0 Å². The largest absolute Gasteiger partial charge is 0.388 e. The van der Waals surface area contributed by atoms with Crippen molar-refractivity contribution in [3.63, 3.8) is 0 Å². The van der Waals surface area contributed by atoms with Crippen LogP contribution in [0.5, 0.6) is 0 Å². The lowest BCUT2D eigenvalue weighted by Gasteiger charge is -2.20. The molecule has 1 aromatic rings. The first-order chi connectivity index (χ1) is 7.63. The predicted octanol–water partition coefficient (Wildman–Crippen LogP) is 0.158. The first-order valence-corrected chi connectivity index (χ1v) is 5.04. The number of nitrogens with one attached hydrogen (secondary N) is 2. The Morgan fingerprint density at radius 3 is 2.75 bits per heavy atom. The van der Waals surface area contributed by atoms with Crippen LogP contribution in [0, 0.1) is 0 Å². The lowest BCUT2D eigenvalue weighted by Crippen LogP contribution is -2.41. The zero-order valence-corrected chi connectivity index (χ0v) is 8.36. The maximum Gasteiger partial charge on any atom is 0.322 e. The SMILES string of the molecule is O=C1NC(=O)C2(CC(O)c3ccccc32)N1. The highest BCUT2D eigenvalue weighted by atomic mass is 16.3. The third-order valence-corrected chi connectivity index (χ3v) is 3.22. The number of aliphatic hydroxyl groups is 1. The minimum absolute atomic E-state index is 0.198. The number of amides is 3. The number of benzene rings is 1. The van der Waals surface area contributed by atoms with Crippen molar-refractivity contribution in [2.24, 2.45) is 0 Å². The molecule has 82 valence electrons. The quantitative estimate of drug-likeness (QED) is 0.543. The molecular formula is C11H10N2O3. The summed E-state index contributed by atoms with van der Waals surface area (Å²) in [4.78, 5) is 23.0. The van der Waals surface area contributed by atoms with E-state index in [1.54, 1.807) is 24.3 Å². The average Bonchev–Trinajstić information content (AvgIpc) is 2.69. The van der Waals surface area contributed by atoms with Crippen molar-refractivity contribution >= 4 is 11.9 Å². The van der Waals surface area contributed by atoms with Gasteiger partial charge in [-0.05, 0) is 11.1 Å². The Bertz CT molecular complexity index is 500. The molecule has 3 amide bonds. The van der Waals surface area contributed by atoms with Crippen molar-refractivity contribution < 1.29 is 14.7 Å². The second kappa shape index (κ2) is 2.82. The number of fused-ring (bicyclic) bond motifs is 2. The highest BCUT2D eigenvalue weighted by Gasteiger charge is 2.54. The van der Waals surface area contributed by atoms with E-state index in [-0.39, 0.29) is 12.3 Å². The lowest BCUT2D eigenvalue weighted by molar-refractivity contribution is -0.124. The Labute approximate surface area is 91.5 Å². The van der Waals surface area contributed by atoms with Gasteiger partial charge in [-0.1, -0.05) is 24.3 Å². The number of urea groups is 1. The molecule has 0 saturated carbocycles. The molecule has 5 heteroatoms. The van der Waals surface area contributed by atoms with E-state index in [2.05, 4.69) is 10.6 Å². The second-order valence-corrected chi connectivity index (χ2v) is 4.12. The summed E-state index contributed by atoms with van der Waals surface area (Å²) in [5, 5.41) is 14.7. The van der Waals surface area contributed by atoms with Crippen LogP contribution < -0.4 is 10.6 Å². The molecule has 2 aliphatic rings. The van der Waals surface area contributed by atoms with E-state index >= 15 is 0 Å².